The van der Waals surface area contributed by atoms with E-state index in [0.29, 0.717) is 12.4 Å². The molecule has 0 radical (unpaired) electrons. The monoisotopic (exact) mass is 373 g/mol. The lowest BCUT2D eigenvalue weighted by atomic mass is 10.2. The quantitative estimate of drug-likeness (QED) is 0.733. The fourth-order valence-electron chi connectivity index (χ4n) is 1.72. The highest BCUT2D eigenvalue weighted by Gasteiger charge is 2.23. The lowest BCUT2D eigenvalue weighted by Crippen LogP contribution is -2.39. The number of imide groups is 1. The van der Waals surface area contributed by atoms with Crippen molar-refractivity contribution < 1.29 is 33.3 Å². The Kier molecular flexibility index (Phi) is 8.00. The Morgan fingerprint density at radius 3 is 2.48 bits per heavy atom. The molecule has 25 heavy (non-hydrogen) atoms. The molecule has 0 aliphatic rings. The third kappa shape index (κ3) is 5.82. The smallest absolute Gasteiger partial charge is 0.413 e. The predicted molar refractivity (Wildman–Crippen MR) is 89.2 cm³/mol. The minimum absolute atomic E-state index is 0.0726. The van der Waals surface area contributed by atoms with Crippen molar-refractivity contribution in [3.63, 3.8) is 0 Å². The third-order valence-electron chi connectivity index (χ3n) is 2.98. The van der Waals surface area contributed by atoms with Gasteiger partial charge in [0.15, 0.2) is 17.6 Å². The summed E-state index contributed by atoms with van der Waals surface area (Å²) in [6.45, 7) is 3.69. The summed E-state index contributed by atoms with van der Waals surface area (Å²) >= 11 is 6.13. The first-order valence-electron chi connectivity index (χ1n) is 7.44. The molecule has 0 bridgehead atoms. The van der Waals surface area contributed by atoms with E-state index in [1.807, 2.05) is 12.2 Å². The van der Waals surface area contributed by atoms with Gasteiger partial charge in [-0.15, -0.1) is 0 Å². The Balaban J connectivity index is 2.89. The molecule has 0 fully saturated rings. The first-order chi connectivity index (χ1) is 11.8. The summed E-state index contributed by atoms with van der Waals surface area (Å²) in [5.41, 5.74) is 0.0726. The summed E-state index contributed by atoms with van der Waals surface area (Å²) in [7, 11) is 2.52. The number of benzene rings is 1. The fourth-order valence-corrected chi connectivity index (χ4v) is 1.98. The number of carbonyl (C=O) groups is 3. The predicted octanol–water partition coefficient (Wildman–Crippen LogP) is 2.57. The van der Waals surface area contributed by atoms with Crippen LogP contribution in [0.25, 0.3) is 0 Å². The van der Waals surface area contributed by atoms with Gasteiger partial charge in [0.05, 0.1) is 31.4 Å². The number of carbonyl (C=O) groups excluding carboxylic acids is 3. The van der Waals surface area contributed by atoms with E-state index in [1.165, 1.54) is 26.2 Å². The second kappa shape index (κ2) is 9.73. The lowest BCUT2D eigenvalue weighted by Gasteiger charge is -2.15. The van der Waals surface area contributed by atoms with Gasteiger partial charge in [-0.2, -0.15) is 0 Å². The van der Waals surface area contributed by atoms with Gasteiger partial charge in [-0.05, 0) is 25.5 Å². The minimum Gasteiger partial charge on any atom is -0.493 e. The van der Waals surface area contributed by atoms with Gasteiger partial charge in [0.2, 0.25) is 0 Å². The maximum Gasteiger partial charge on any atom is 0.413 e. The Morgan fingerprint density at radius 2 is 1.92 bits per heavy atom. The zero-order chi connectivity index (χ0) is 19.0. The van der Waals surface area contributed by atoms with Crippen molar-refractivity contribution in [1.82, 2.24) is 5.32 Å². The van der Waals surface area contributed by atoms with Crippen molar-refractivity contribution >= 4 is 29.6 Å². The van der Waals surface area contributed by atoms with Crippen LogP contribution in [0.4, 0.5) is 4.79 Å². The molecule has 1 rings (SSSR count). The molecule has 0 saturated carbocycles. The molecule has 1 aromatic carbocycles. The molecule has 0 aliphatic heterocycles. The molecule has 1 N–H and O–H groups in total. The number of hydrogen-bond donors (Lipinski definition) is 1. The number of hydrogen-bond acceptors (Lipinski definition) is 7. The SMILES string of the molecule is CCCOc1c(Cl)cc(C(=O)O[C@@H](C)C(=O)NC(=O)OC)cc1OC. The molecule has 9 heteroatoms. The second-order valence-corrected chi connectivity index (χ2v) is 5.27. The Bertz CT molecular complexity index is 648. The molecular formula is C16H20ClNO7. The highest BCUT2D eigenvalue weighted by Crippen LogP contribution is 2.36. The summed E-state index contributed by atoms with van der Waals surface area (Å²) in [6.07, 6.45) is -1.39. The molecule has 8 nitrogen and oxygen atoms in total. The summed E-state index contributed by atoms with van der Waals surface area (Å²) in [5, 5.41) is 2.08. The van der Waals surface area contributed by atoms with Crippen LogP contribution in [0.15, 0.2) is 12.1 Å². The maximum atomic E-state index is 12.2. The van der Waals surface area contributed by atoms with Gasteiger partial charge >= 0.3 is 12.1 Å². The fraction of sp³-hybridized carbons (Fsp3) is 0.438. The normalized spacial score (nSPS) is 11.2. The van der Waals surface area contributed by atoms with Crippen molar-refractivity contribution in [3.05, 3.63) is 22.7 Å². The largest absolute Gasteiger partial charge is 0.493 e. The summed E-state index contributed by atoms with van der Waals surface area (Å²) in [5.74, 6) is -1.05. The van der Waals surface area contributed by atoms with Crippen molar-refractivity contribution in [2.45, 2.75) is 26.4 Å². The highest BCUT2D eigenvalue weighted by molar-refractivity contribution is 6.32. The van der Waals surface area contributed by atoms with Crippen molar-refractivity contribution in [3.8, 4) is 11.5 Å². The van der Waals surface area contributed by atoms with E-state index in [-0.39, 0.29) is 16.3 Å². The number of alkyl carbamates (subject to hydrolysis) is 1. The molecular weight excluding hydrogens is 354 g/mol. The Labute approximate surface area is 150 Å². The molecule has 0 unspecified atom stereocenters. The summed E-state index contributed by atoms with van der Waals surface area (Å²) in [4.78, 5) is 34.9. The van der Waals surface area contributed by atoms with Crippen LogP contribution in [0.1, 0.15) is 30.6 Å². The maximum absolute atomic E-state index is 12.2. The molecule has 1 atom stereocenters. The van der Waals surface area contributed by atoms with Crippen LogP contribution in [0.5, 0.6) is 11.5 Å². The zero-order valence-electron chi connectivity index (χ0n) is 14.4. The van der Waals surface area contributed by atoms with E-state index in [1.54, 1.807) is 0 Å². The van der Waals surface area contributed by atoms with E-state index >= 15 is 0 Å². The number of methoxy groups -OCH3 is 2. The van der Waals surface area contributed by atoms with Gasteiger partial charge in [-0.3, -0.25) is 10.1 Å². The lowest BCUT2D eigenvalue weighted by molar-refractivity contribution is -0.128. The van der Waals surface area contributed by atoms with Crippen molar-refractivity contribution in [2.24, 2.45) is 0 Å². The second-order valence-electron chi connectivity index (χ2n) is 4.87. The standard InChI is InChI=1S/C16H20ClNO7/c1-5-6-24-13-11(17)7-10(8-12(13)22-3)15(20)25-9(2)14(19)18-16(21)23-4/h7-9H,5-6H2,1-4H3,(H,18,19,21)/t9-/m0/s1. The number of halogens is 1. The Hall–Kier alpha value is -2.48. The number of nitrogens with one attached hydrogen (secondary N) is 1. The van der Waals surface area contributed by atoms with Crippen LogP contribution in [0.2, 0.25) is 5.02 Å². The molecule has 0 heterocycles. The van der Waals surface area contributed by atoms with Crippen molar-refractivity contribution in [1.29, 1.82) is 0 Å². The average Bonchev–Trinajstić information content (AvgIpc) is 2.59. The van der Waals surface area contributed by atoms with Crippen LogP contribution in [0, 0.1) is 0 Å². The molecule has 2 amide bonds. The van der Waals surface area contributed by atoms with Crippen LogP contribution in [-0.4, -0.2) is 44.9 Å². The summed E-state index contributed by atoms with van der Waals surface area (Å²) < 4.78 is 20.0. The Morgan fingerprint density at radius 1 is 1.24 bits per heavy atom. The molecule has 1 aromatic rings. The topological polar surface area (TPSA) is 100 Å². The van der Waals surface area contributed by atoms with E-state index in [4.69, 9.17) is 25.8 Å². The molecule has 0 aromatic heterocycles. The van der Waals surface area contributed by atoms with Gasteiger partial charge in [0.1, 0.15) is 0 Å². The van der Waals surface area contributed by atoms with Crippen LogP contribution in [0.3, 0.4) is 0 Å². The first kappa shape index (κ1) is 20.6. The molecule has 0 spiro atoms. The van der Waals surface area contributed by atoms with Gasteiger partial charge in [-0.1, -0.05) is 18.5 Å². The number of rotatable bonds is 7. The van der Waals surface area contributed by atoms with Gasteiger partial charge in [0, 0.05) is 0 Å². The van der Waals surface area contributed by atoms with Gasteiger partial charge in [-0.25, -0.2) is 9.59 Å². The summed E-state index contributed by atoms with van der Waals surface area (Å²) in [6, 6.07) is 2.74. The van der Waals surface area contributed by atoms with E-state index in [2.05, 4.69) is 4.74 Å². The first-order valence-corrected chi connectivity index (χ1v) is 7.81. The third-order valence-corrected chi connectivity index (χ3v) is 3.26. The highest BCUT2D eigenvalue weighted by atomic mass is 35.5. The average molecular weight is 374 g/mol. The van der Waals surface area contributed by atoms with Crippen LogP contribution >= 0.6 is 11.6 Å². The molecule has 0 saturated heterocycles. The number of ether oxygens (including phenoxy) is 4. The zero-order valence-corrected chi connectivity index (χ0v) is 15.1. The number of amides is 2. The van der Waals surface area contributed by atoms with Crippen molar-refractivity contribution in [2.75, 3.05) is 20.8 Å². The molecule has 138 valence electrons. The van der Waals surface area contributed by atoms with Crippen LogP contribution < -0.4 is 14.8 Å². The minimum atomic E-state index is -1.22. The van der Waals surface area contributed by atoms with Gasteiger partial charge in [0.25, 0.3) is 5.91 Å². The van der Waals surface area contributed by atoms with Crippen LogP contribution in [-0.2, 0) is 14.3 Å². The van der Waals surface area contributed by atoms with E-state index in [0.717, 1.165) is 13.5 Å². The van der Waals surface area contributed by atoms with E-state index < -0.39 is 24.1 Å². The number of esters is 1. The molecule has 0 aliphatic carbocycles. The van der Waals surface area contributed by atoms with E-state index in [9.17, 15) is 14.4 Å². The van der Waals surface area contributed by atoms with Gasteiger partial charge < -0.3 is 18.9 Å².